The van der Waals surface area contributed by atoms with E-state index in [-0.39, 0.29) is 0 Å². The predicted molar refractivity (Wildman–Crippen MR) is 132 cm³/mol. The molecule has 0 aromatic rings. The van der Waals surface area contributed by atoms with Crippen LogP contribution in [0, 0.1) is 34.5 Å². The molecule has 0 bridgehead atoms. The van der Waals surface area contributed by atoms with Crippen LogP contribution in [0.1, 0.15) is 105 Å². The van der Waals surface area contributed by atoms with Crippen LogP contribution in [-0.4, -0.2) is 29.0 Å². The first-order valence-corrected chi connectivity index (χ1v) is 13.2. The van der Waals surface area contributed by atoms with Crippen LogP contribution in [0.3, 0.4) is 0 Å². The monoisotopic (exact) mass is 452 g/mol. The summed E-state index contributed by atoms with van der Waals surface area (Å²) in [7, 11) is 1.00. The second kappa shape index (κ2) is 10.1. The van der Waals surface area contributed by atoms with Gasteiger partial charge < -0.3 is 14.4 Å². The minimum atomic E-state index is -0.501. The molecule has 7 atom stereocenters. The molecule has 4 heteroatoms. The second-order valence-corrected chi connectivity index (χ2v) is 12.3. The molecule has 0 saturated heterocycles. The van der Waals surface area contributed by atoms with E-state index in [0.717, 1.165) is 43.6 Å². The summed E-state index contributed by atoms with van der Waals surface area (Å²) in [6, 6.07) is 0. The van der Waals surface area contributed by atoms with E-state index in [9.17, 15) is 5.11 Å². The molecule has 2 N–H and O–H groups in total. The van der Waals surface area contributed by atoms with E-state index in [1.54, 1.807) is 5.57 Å². The highest BCUT2D eigenvalue weighted by Gasteiger charge is 2.58. The van der Waals surface area contributed by atoms with Gasteiger partial charge in [-0.1, -0.05) is 38.3 Å². The van der Waals surface area contributed by atoms with Crippen molar-refractivity contribution >= 4 is 12.9 Å². The normalized spacial score (nSPS) is 41.9. The Kier molecular flexibility index (Phi) is 8.32. The number of fused-ring (bicyclic) bond motifs is 5. The minimum absolute atomic E-state index is 0.322. The van der Waals surface area contributed by atoms with E-state index in [1.807, 2.05) is 13.8 Å². The van der Waals surface area contributed by atoms with E-state index < -0.39 is 5.60 Å². The maximum atomic E-state index is 10.0. The molecule has 3 saturated carbocycles. The second-order valence-electron chi connectivity index (χ2n) is 12.1. The van der Waals surface area contributed by atoms with Gasteiger partial charge in [0.15, 0.2) is 0 Å². The van der Waals surface area contributed by atoms with E-state index in [2.05, 4.69) is 32.8 Å². The van der Waals surface area contributed by atoms with E-state index in [4.69, 9.17) is 9.29 Å². The van der Waals surface area contributed by atoms with Crippen molar-refractivity contribution in [2.75, 3.05) is 7.11 Å². The molecule has 180 valence electrons. The summed E-state index contributed by atoms with van der Waals surface area (Å²) < 4.78 is 5.43. The van der Waals surface area contributed by atoms with Crippen LogP contribution in [0.15, 0.2) is 11.6 Å². The minimum Gasteiger partial charge on any atom is -0.400 e. The van der Waals surface area contributed by atoms with E-state index in [0.29, 0.717) is 16.9 Å². The van der Waals surface area contributed by atoms with Crippen molar-refractivity contribution in [1.29, 1.82) is 0 Å². The number of aliphatic hydroxyl groups excluding tert-OH is 1. The number of unbranched alkanes of at least 4 members (excludes halogenated alkanes) is 1. The molecule has 4 rings (SSSR count). The summed E-state index contributed by atoms with van der Waals surface area (Å²) in [5, 5.41) is 17.0. The third-order valence-electron chi connectivity index (χ3n) is 10.00. The van der Waals surface area contributed by atoms with E-state index >= 15 is 0 Å². The highest BCUT2D eigenvalue weighted by atomic mass is 32.1. The summed E-state index contributed by atoms with van der Waals surface area (Å²) in [6.07, 6.45) is 18.4. The lowest BCUT2D eigenvalue weighted by molar-refractivity contribution is -0.0484. The summed E-state index contributed by atoms with van der Waals surface area (Å²) in [5.41, 5.74) is 2.16. The fourth-order valence-electron chi connectivity index (χ4n) is 8.25. The molecule has 0 amide bonds. The van der Waals surface area contributed by atoms with Crippen LogP contribution in [-0.2, 0) is 4.18 Å². The molecule has 0 aliphatic heterocycles. The summed E-state index contributed by atoms with van der Waals surface area (Å²) in [4.78, 5) is 0. The first-order chi connectivity index (χ1) is 14.7. The van der Waals surface area contributed by atoms with Crippen LogP contribution in [0.5, 0.6) is 0 Å². The van der Waals surface area contributed by atoms with Crippen molar-refractivity contribution < 1.29 is 14.4 Å². The number of hydrogen-bond donors (Lipinski definition) is 3. The van der Waals surface area contributed by atoms with Crippen LogP contribution >= 0.6 is 12.9 Å². The SMILES string of the molecule is CC(C)(O)CCCCC1CCC2C3CC=C4CC(OS)CCC4(C)C3CCC12C.CO. The summed E-state index contributed by atoms with van der Waals surface area (Å²) in [5.74, 6) is 3.61. The third-order valence-corrected chi connectivity index (χ3v) is 10.3. The van der Waals surface area contributed by atoms with Gasteiger partial charge in [0.05, 0.1) is 11.7 Å². The maximum absolute atomic E-state index is 10.0. The fourth-order valence-corrected chi connectivity index (χ4v) is 8.43. The van der Waals surface area contributed by atoms with Crippen molar-refractivity contribution in [3.05, 3.63) is 11.6 Å². The van der Waals surface area contributed by atoms with Gasteiger partial charge in [0.2, 0.25) is 0 Å². The number of rotatable bonds is 6. The van der Waals surface area contributed by atoms with Gasteiger partial charge in [-0.3, -0.25) is 0 Å². The van der Waals surface area contributed by atoms with Gasteiger partial charge in [-0.05, 0) is 125 Å². The molecule has 3 nitrogen and oxygen atoms in total. The highest BCUT2D eigenvalue weighted by molar-refractivity contribution is 7.75. The molecule has 0 spiro atoms. The Morgan fingerprint density at radius 2 is 1.81 bits per heavy atom. The molecule has 31 heavy (non-hydrogen) atoms. The molecular formula is C27H48O3S. The van der Waals surface area contributed by atoms with Gasteiger partial charge in [-0.2, -0.15) is 0 Å². The molecule has 4 aliphatic carbocycles. The summed E-state index contributed by atoms with van der Waals surface area (Å²) >= 11 is 4.12. The first-order valence-electron chi connectivity index (χ1n) is 12.8. The van der Waals surface area contributed by atoms with Crippen LogP contribution in [0.2, 0.25) is 0 Å². The number of thiol groups is 1. The highest BCUT2D eigenvalue weighted by Crippen LogP contribution is 2.66. The predicted octanol–water partition coefficient (Wildman–Crippen LogP) is 6.74. The van der Waals surface area contributed by atoms with Crippen molar-refractivity contribution in [1.82, 2.24) is 0 Å². The van der Waals surface area contributed by atoms with E-state index in [1.165, 1.54) is 64.2 Å². The van der Waals surface area contributed by atoms with Crippen molar-refractivity contribution in [3.8, 4) is 0 Å². The first kappa shape index (κ1) is 25.6. The summed E-state index contributed by atoms with van der Waals surface area (Å²) in [6.45, 7) is 9.12. The molecule has 0 aromatic carbocycles. The lowest BCUT2D eigenvalue weighted by Crippen LogP contribution is -2.50. The molecule has 4 aliphatic rings. The number of allylic oxidation sites excluding steroid dienone is 1. The average Bonchev–Trinajstić information content (AvgIpc) is 3.08. The molecule has 7 unspecified atom stereocenters. The van der Waals surface area contributed by atoms with Gasteiger partial charge in [0.1, 0.15) is 0 Å². The quantitative estimate of drug-likeness (QED) is 0.181. The van der Waals surface area contributed by atoms with Crippen molar-refractivity contribution in [3.63, 3.8) is 0 Å². The lowest BCUT2D eigenvalue weighted by Gasteiger charge is -2.58. The maximum Gasteiger partial charge on any atom is 0.0756 e. The standard InChI is InChI=1S/C26H44O2S.CH4O/c1-24(2,27)14-6-5-7-18-9-11-22-21-10-8-19-17-20(28-29)12-15-26(19,4)23(21)13-16-25(18,22)3;1-2/h8,18,20-23,27,29H,5-7,9-17H2,1-4H3;2H,1H3. The van der Waals surface area contributed by atoms with Crippen LogP contribution in [0.4, 0.5) is 0 Å². The van der Waals surface area contributed by atoms with Gasteiger partial charge in [-0.25, -0.2) is 0 Å². The van der Waals surface area contributed by atoms with Gasteiger partial charge in [-0.15, -0.1) is 0 Å². The van der Waals surface area contributed by atoms with Crippen LogP contribution in [0.25, 0.3) is 0 Å². The molecule has 3 fully saturated rings. The molecule has 0 radical (unpaired) electrons. The Bertz CT molecular complexity index is 626. The van der Waals surface area contributed by atoms with Crippen molar-refractivity contribution in [2.24, 2.45) is 34.5 Å². The Hall–Kier alpha value is -0.0300. The smallest absolute Gasteiger partial charge is 0.0756 e. The molecule has 0 aromatic heterocycles. The average molecular weight is 453 g/mol. The van der Waals surface area contributed by atoms with Crippen LogP contribution < -0.4 is 0 Å². The lowest BCUT2D eigenvalue weighted by atomic mass is 9.47. The zero-order valence-corrected chi connectivity index (χ0v) is 21.6. The zero-order valence-electron chi connectivity index (χ0n) is 20.7. The topological polar surface area (TPSA) is 49.7 Å². The number of hydrogen-bond acceptors (Lipinski definition) is 4. The Morgan fingerprint density at radius 3 is 2.48 bits per heavy atom. The molecular weight excluding hydrogens is 404 g/mol. The third kappa shape index (κ3) is 5.08. The zero-order chi connectivity index (χ0) is 22.9. The number of aliphatic hydroxyl groups is 2. The largest absolute Gasteiger partial charge is 0.400 e. The Balaban J connectivity index is 0.00000132. The van der Waals surface area contributed by atoms with Gasteiger partial charge >= 0.3 is 0 Å². The molecule has 0 heterocycles. The van der Waals surface area contributed by atoms with Crippen molar-refractivity contribution in [2.45, 2.75) is 116 Å². The Morgan fingerprint density at radius 1 is 1.06 bits per heavy atom. The fraction of sp³-hybridized carbons (Fsp3) is 0.926. The Labute approximate surface area is 197 Å². The van der Waals surface area contributed by atoms with Gasteiger partial charge in [0.25, 0.3) is 0 Å². The van der Waals surface area contributed by atoms with Gasteiger partial charge in [0, 0.05) is 7.11 Å².